The van der Waals surface area contributed by atoms with E-state index < -0.39 is 24.7 Å². The van der Waals surface area contributed by atoms with Gasteiger partial charge in [-0.3, -0.25) is 0 Å². The fourth-order valence-corrected chi connectivity index (χ4v) is 9.74. The molecule has 3 atom stereocenters. The molecule has 0 aliphatic carbocycles. The molecule has 15 heteroatoms. The molecule has 7 rings (SSSR count). The molecule has 2 saturated heterocycles. The first-order valence-corrected chi connectivity index (χ1v) is 16.9. The summed E-state index contributed by atoms with van der Waals surface area (Å²) in [7, 11) is 0. The van der Waals surface area contributed by atoms with Gasteiger partial charge in [0.2, 0.25) is 0 Å². The maximum absolute atomic E-state index is 14.0. The Morgan fingerprint density at radius 3 is 2.63 bits per heavy atom. The fourth-order valence-electron chi connectivity index (χ4n) is 6.35. The first kappa shape index (κ1) is 30.4. The van der Waals surface area contributed by atoms with E-state index in [2.05, 4.69) is 27.4 Å². The third-order valence-corrected chi connectivity index (χ3v) is 12.8. The zero-order chi connectivity index (χ0) is 32.7. The number of ketones is 1. The molecule has 46 heavy (non-hydrogen) atoms. The molecule has 2 fully saturated rings. The number of carbonyl (C=O) groups excluding carboxylic acids is 3. The molecule has 0 unspecified atom stereocenters. The minimum absolute atomic E-state index is 0.00644. The van der Waals surface area contributed by atoms with Crippen LogP contribution in [0.4, 0.5) is 19.0 Å². The first-order chi connectivity index (χ1) is 21.7. The van der Waals surface area contributed by atoms with E-state index in [9.17, 15) is 27.6 Å². The third kappa shape index (κ3) is 5.43. The number of carbonyl (C=O) groups is 3. The number of likely N-dealkylation sites (tertiary alicyclic amines) is 1. The SMILES string of the molecule is CC(=O)c1cn(CC(=O)N2[C@H](C(=O)Nc3ccn(CC(F)(F)F)n3)C[C@@]3(C)[I-][C@@H]23)c2c(C)cc(-c3cnc4cc(C)nn4c3)cc12. The number of Topliss-reactive ketones (excluding diaryl/α,β-unsaturated/α-hetero) is 1. The van der Waals surface area contributed by atoms with Crippen molar-refractivity contribution in [3.63, 3.8) is 0 Å². The number of nitrogens with one attached hydrogen (secondary N) is 1. The molecule has 1 aromatic carbocycles. The van der Waals surface area contributed by atoms with Crippen LogP contribution < -0.4 is 26.5 Å². The molecule has 6 heterocycles. The van der Waals surface area contributed by atoms with Crippen molar-refractivity contribution in [3.8, 4) is 11.1 Å². The van der Waals surface area contributed by atoms with Crippen molar-refractivity contribution in [2.24, 2.45) is 0 Å². The van der Waals surface area contributed by atoms with Crippen molar-refractivity contribution in [2.75, 3.05) is 5.32 Å². The van der Waals surface area contributed by atoms with Gasteiger partial charge in [-0.25, -0.2) is 0 Å². The van der Waals surface area contributed by atoms with Gasteiger partial charge in [0.1, 0.15) is 0 Å². The Kier molecular flexibility index (Phi) is 7.02. The number of benzene rings is 1. The Morgan fingerprint density at radius 2 is 1.89 bits per heavy atom. The number of halogens is 4. The summed E-state index contributed by atoms with van der Waals surface area (Å²) in [5.41, 5.74) is 5.34. The number of hydrogen-bond donors (Lipinski definition) is 1. The predicted octanol–water partition coefficient (Wildman–Crippen LogP) is 1.36. The summed E-state index contributed by atoms with van der Waals surface area (Å²) < 4.78 is 42.4. The van der Waals surface area contributed by atoms with E-state index >= 15 is 0 Å². The standard InChI is InChI=1S/C31H29F3IN8O3/c1-16-7-19(20-11-36-25-8-17(2)38-42(25)12-20)9-21-22(18(3)44)13-40(27(16)21)14-26(45)43-23(10-30(4)29(43)35-30)28(46)37-24-5-6-41(39-24)15-31(32,33)34/h5-9,11-13,23,29H,10,14-15H2,1-4H3,(H,37,39,46)/q-1/t23-,29-,30+/m0/s1. The van der Waals surface area contributed by atoms with Crippen LogP contribution in [-0.2, 0) is 22.7 Å². The normalized spacial score (nSPS) is 21.0. The molecule has 0 saturated carbocycles. The number of aromatic nitrogens is 6. The molecule has 0 bridgehead atoms. The number of anilines is 1. The zero-order valence-electron chi connectivity index (χ0n) is 25.3. The van der Waals surface area contributed by atoms with Crippen molar-refractivity contribution in [1.82, 2.24) is 33.8 Å². The molecule has 240 valence electrons. The fraction of sp³-hybridized carbons (Fsp3) is 0.355. The number of alkyl halides is 5. The summed E-state index contributed by atoms with van der Waals surface area (Å²) in [6.45, 7) is 6.02. The number of amides is 2. The zero-order valence-corrected chi connectivity index (χ0v) is 27.4. The molecule has 2 aliphatic rings. The van der Waals surface area contributed by atoms with E-state index in [-0.39, 0.29) is 52.7 Å². The molecular formula is C31H29F3IN8O3-. The molecule has 4 aromatic heterocycles. The summed E-state index contributed by atoms with van der Waals surface area (Å²) in [4.78, 5) is 46.3. The number of aryl methyl sites for hydroxylation is 2. The van der Waals surface area contributed by atoms with Gasteiger partial charge >= 0.3 is 242 Å². The average Bonchev–Trinajstić information content (AvgIpc) is 3.40. The summed E-state index contributed by atoms with van der Waals surface area (Å²) in [6.07, 6.45) is 2.53. The van der Waals surface area contributed by atoms with E-state index in [1.165, 1.54) is 13.0 Å². The second-order valence-electron chi connectivity index (χ2n) is 12.1. The van der Waals surface area contributed by atoms with Crippen LogP contribution >= 0.6 is 0 Å². The molecule has 0 spiro atoms. The van der Waals surface area contributed by atoms with E-state index in [0.717, 1.165) is 39.7 Å². The summed E-state index contributed by atoms with van der Waals surface area (Å²) >= 11 is -0.346. The molecule has 1 N–H and O–H groups in total. The van der Waals surface area contributed by atoms with Gasteiger partial charge in [-0.15, -0.1) is 0 Å². The number of hydrogen-bond acceptors (Lipinski definition) is 6. The molecule has 0 radical (unpaired) electrons. The predicted molar refractivity (Wildman–Crippen MR) is 158 cm³/mol. The molecule has 2 aliphatic heterocycles. The van der Waals surface area contributed by atoms with Crippen molar-refractivity contribution < 1.29 is 48.8 Å². The second-order valence-corrected chi connectivity index (χ2v) is 16.4. The summed E-state index contributed by atoms with van der Waals surface area (Å²) in [6, 6.07) is 6.32. The van der Waals surface area contributed by atoms with Crippen LogP contribution in [0, 0.1) is 13.8 Å². The van der Waals surface area contributed by atoms with E-state index in [1.807, 2.05) is 38.2 Å². The Morgan fingerprint density at radius 1 is 1.11 bits per heavy atom. The number of rotatable bonds is 7. The van der Waals surface area contributed by atoms with E-state index in [0.29, 0.717) is 22.1 Å². The van der Waals surface area contributed by atoms with Gasteiger partial charge in [0, 0.05) is 6.07 Å². The Labute approximate surface area is 271 Å². The van der Waals surface area contributed by atoms with Gasteiger partial charge in [-0.2, -0.15) is 5.10 Å². The van der Waals surface area contributed by atoms with Gasteiger partial charge in [-0.1, -0.05) is 0 Å². The van der Waals surface area contributed by atoms with Gasteiger partial charge in [0.25, 0.3) is 0 Å². The first-order valence-electron chi connectivity index (χ1n) is 14.5. The maximum atomic E-state index is 14.0. The number of fused-ring (bicyclic) bond motifs is 3. The Bertz CT molecular complexity index is 2080. The Hall–Kier alpha value is -4.28. The molecule has 2 amide bonds. The summed E-state index contributed by atoms with van der Waals surface area (Å²) in [5, 5.41) is 11.6. The molecular weight excluding hydrogens is 716 g/mol. The second kappa shape index (κ2) is 10.6. The minimum atomic E-state index is -4.45. The molecule has 11 nitrogen and oxygen atoms in total. The van der Waals surface area contributed by atoms with E-state index in [4.69, 9.17) is 0 Å². The molecule has 5 aromatic rings. The summed E-state index contributed by atoms with van der Waals surface area (Å²) in [5.74, 6) is -0.891. The average molecular weight is 746 g/mol. The van der Waals surface area contributed by atoms with Crippen molar-refractivity contribution in [1.29, 1.82) is 0 Å². The van der Waals surface area contributed by atoms with Crippen LogP contribution in [0.2, 0.25) is 0 Å². The van der Waals surface area contributed by atoms with Crippen LogP contribution in [0.15, 0.2) is 49.1 Å². The van der Waals surface area contributed by atoms with Crippen LogP contribution in [-0.4, -0.2) is 71.1 Å². The van der Waals surface area contributed by atoms with Gasteiger partial charge in [-0.05, 0) is 6.92 Å². The van der Waals surface area contributed by atoms with Crippen molar-refractivity contribution in [2.45, 2.75) is 66.9 Å². The van der Waals surface area contributed by atoms with Crippen LogP contribution in [0.5, 0.6) is 0 Å². The third-order valence-electron chi connectivity index (χ3n) is 8.41. The number of nitrogens with zero attached hydrogens (tertiary/aromatic N) is 7. The van der Waals surface area contributed by atoms with Crippen molar-refractivity contribution in [3.05, 3.63) is 65.9 Å². The Balaban J connectivity index is 1.17. The van der Waals surface area contributed by atoms with Gasteiger partial charge in [0.15, 0.2) is 5.65 Å². The van der Waals surface area contributed by atoms with Crippen molar-refractivity contribution >= 4 is 40.0 Å². The van der Waals surface area contributed by atoms with Crippen LogP contribution in [0.1, 0.15) is 41.9 Å². The van der Waals surface area contributed by atoms with Crippen LogP contribution in [0.25, 0.3) is 27.7 Å². The van der Waals surface area contributed by atoms with E-state index in [1.54, 1.807) is 26.4 Å². The van der Waals surface area contributed by atoms with Gasteiger partial charge in [0.05, 0.1) is 5.69 Å². The van der Waals surface area contributed by atoms with Crippen LogP contribution in [0.3, 0.4) is 0 Å². The monoisotopic (exact) mass is 745 g/mol. The quantitative estimate of drug-likeness (QED) is 0.116. The topological polar surface area (TPSA) is 119 Å². The van der Waals surface area contributed by atoms with Gasteiger partial charge < -0.3 is 0 Å².